The summed E-state index contributed by atoms with van der Waals surface area (Å²) in [5.41, 5.74) is 0.988. The van der Waals surface area contributed by atoms with Gasteiger partial charge in [-0.3, -0.25) is 4.99 Å². The number of benzene rings is 1. The van der Waals surface area contributed by atoms with E-state index in [0.717, 1.165) is 36.8 Å². The molecule has 0 fully saturated rings. The number of rotatable bonds is 6. The highest BCUT2D eigenvalue weighted by Gasteiger charge is 1.98. The van der Waals surface area contributed by atoms with Crippen LogP contribution in [0.2, 0.25) is 0 Å². The highest BCUT2D eigenvalue weighted by molar-refractivity contribution is 14.0. The molecule has 0 aliphatic rings. The number of halogens is 2. The normalized spacial score (nSPS) is 10.8. The standard InChI is InChI=1S/C13H20FN3S.HI/c1-15-13(17-8-9-18-2)16-7-6-11-4-3-5-12(14)10-11;/h3-5,10H,6-9H2,1-2H3,(H2,15,16,17);1H. The van der Waals surface area contributed by atoms with Crippen LogP contribution < -0.4 is 10.6 Å². The Morgan fingerprint density at radius 3 is 2.68 bits per heavy atom. The van der Waals surface area contributed by atoms with Gasteiger partial charge >= 0.3 is 0 Å². The number of hydrogen-bond acceptors (Lipinski definition) is 2. The van der Waals surface area contributed by atoms with Crippen LogP contribution in [-0.2, 0) is 6.42 Å². The molecule has 0 saturated heterocycles. The Balaban J connectivity index is 0.00000324. The first-order chi connectivity index (χ1) is 8.76. The SMILES string of the molecule is CN=C(NCCSC)NCCc1cccc(F)c1.I. The first kappa shape index (κ1) is 18.5. The molecule has 0 radical (unpaired) electrons. The molecule has 0 unspecified atom stereocenters. The van der Waals surface area contributed by atoms with Crippen molar-refractivity contribution in [2.75, 3.05) is 32.1 Å². The van der Waals surface area contributed by atoms with Gasteiger partial charge in [-0.05, 0) is 30.4 Å². The van der Waals surface area contributed by atoms with E-state index >= 15 is 0 Å². The molecule has 0 atom stereocenters. The summed E-state index contributed by atoms with van der Waals surface area (Å²) in [5, 5.41) is 6.42. The van der Waals surface area contributed by atoms with Crippen LogP contribution in [0.5, 0.6) is 0 Å². The summed E-state index contributed by atoms with van der Waals surface area (Å²) in [5.74, 6) is 1.65. The maximum Gasteiger partial charge on any atom is 0.191 e. The monoisotopic (exact) mass is 397 g/mol. The molecule has 0 saturated carbocycles. The van der Waals surface area contributed by atoms with Crippen molar-refractivity contribution < 1.29 is 4.39 Å². The van der Waals surface area contributed by atoms with E-state index in [1.807, 2.05) is 6.07 Å². The molecule has 0 amide bonds. The average Bonchev–Trinajstić information content (AvgIpc) is 2.37. The smallest absolute Gasteiger partial charge is 0.191 e. The van der Waals surface area contributed by atoms with Crippen molar-refractivity contribution in [3.63, 3.8) is 0 Å². The van der Waals surface area contributed by atoms with Crippen molar-refractivity contribution in [1.82, 2.24) is 10.6 Å². The summed E-state index contributed by atoms with van der Waals surface area (Å²) in [6, 6.07) is 6.68. The molecule has 1 aromatic carbocycles. The van der Waals surface area contributed by atoms with Crippen molar-refractivity contribution in [3.05, 3.63) is 35.6 Å². The van der Waals surface area contributed by atoms with Crippen LogP contribution in [-0.4, -0.2) is 38.1 Å². The van der Waals surface area contributed by atoms with Gasteiger partial charge in [0, 0.05) is 25.9 Å². The maximum atomic E-state index is 13.0. The molecular weight excluding hydrogens is 376 g/mol. The third-order valence-corrected chi connectivity index (χ3v) is 3.03. The van der Waals surface area contributed by atoms with Gasteiger partial charge in [-0.2, -0.15) is 11.8 Å². The minimum atomic E-state index is -0.185. The lowest BCUT2D eigenvalue weighted by atomic mass is 10.1. The molecule has 0 aromatic heterocycles. The lowest BCUT2D eigenvalue weighted by molar-refractivity contribution is 0.625. The maximum absolute atomic E-state index is 13.0. The van der Waals surface area contributed by atoms with Crippen molar-refractivity contribution in [3.8, 4) is 0 Å². The molecular formula is C13H21FIN3S. The number of nitrogens with one attached hydrogen (secondary N) is 2. The molecule has 0 spiro atoms. The van der Waals surface area contributed by atoms with Gasteiger partial charge in [0.1, 0.15) is 5.82 Å². The van der Waals surface area contributed by atoms with Gasteiger partial charge in [-0.15, -0.1) is 24.0 Å². The van der Waals surface area contributed by atoms with E-state index < -0.39 is 0 Å². The Hall–Kier alpha value is -0.500. The summed E-state index contributed by atoms with van der Waals surface area (Å²) >= 11 is 1.79. The first-order valence-electron chi connectivity index (χ1n) is 5.94. The summed E-state index contributed by atoms with van der Waals surface area (Å²) in [6.07, 6.45) is 2.85. The van der Waals surface area contributed by atoms with Crippen LogP contribution >= 0.6 is 35.7 Å². The van der Waals surface area contributed by atoms with Crippen LogP contribution in [0.4, 0.5) is 4.39 Å². The molecule has 0 bridgehead atoms. The van der Waals surface area contributed by atoms with E-state index in [2.05, 4.69) is 21.9 Å². The number of nitrogens with zero attached hydrogens (tertiary/aromatic N) is 1. The van der Waals surface area contributed by atoms with Crippen molar-refractivity contribution in [2.45, 2.75) is 6.42 Å². The molecule has 3 nitrogen and oxygen atoms in total. The second kappa shape index (κ2) is 11.3. The Labute approximate surface area is 135 Å². The van der Waals surface area contributed by atoms with E-state index in [1.165, 1.54) is 6.07 Å². The minimum Gasteiger partial charge on any atom is -0.356 e. The summed E-state index contributed by atoms with van der Waals surface area (Å²) in [7, 11) is 1.75. The van der Waals surface area contributed by atoms with Crippen molar-refractivity contribution >= 4 is 41.7 Å². The van der Waals surface area contributed by atoms with E-state index in [-0.39, 0.29) is 29.8 Å². The Bertz CT molecular complexity index is 388. The van der Waals surface area contributed by atoms with Crippen molar-refractivity contribution in [1.29, 1.82) is 0 Å². The van der Waals surface area contributed by atoms with Crippen LogP contribution in [0.1, 0.15) is 5.56 Å². The Morgan fingerprint density at radius 2 is 2.05 bits per heavy atom. The minimum absolute atomic E-state index is 0. The topological polar surface area (TPSA) is 36.4 Å². The van der Waals surface area contributed by atoms with Crippen LogP contribution in [0.3, 0.4) is 0 Å². The quantitative estimate of drug-likeness (QED) is 0.335. The predicted molar refractivity (Wildman–Crippen MR) is 93.3 cm³/mol. The molecule has 0 aliphatic carbocycles. The zero-order valence-corrected chi connectivity index (χ0v) is 14.4. The van der Waals surface area contributed by atoms with E-state index in [9.17, 15) is 4.39 Å². The molecule has 19 heavy (non-hydrogen) atoms. The molecule has 0 heterocycles. The third kappa shape index (κ3) is 8.30. The highest BCUT2D eigenvalue weighted by atomic mass is 127. The zero-order valence-electron chi connectivity index (χ0n) is 11.3. The lowest BCUT2D eigenvalue weighted by Crippen LogP contribution is -2.39. The fraction of sp³-hybridized carbons (Fsp3) is 0.462. The fourth-order valence-corrected chi connectivity index (χ4v) is 1.82. The van der Waals surface area contributed by atoms with Gasteiger partial charge in [0.15, 0.2) is 5.96 Å². The van der Waals surface area contributed by atoms with Gasteiger partial charge in [0.25, 0.3) is 0 Å². The molecule has 108 valence electrons. The van der Waals surface area contributed by atoms with E-state index in [0.29, 0.717) is 0 Å². The first-order valence-corrected chi connectivity index (χ1v) is 7.33. The average molecular weight is 397 g/mol. The zero-order chi connectivity index (χ0) is 13.2. The number of aliphatic imine (C=N–C) groups is 1. The molecule has 2 N–H and O–H groups in total. The van der Waals surface area contributed by atoms with E-state index in [1.54, 1.807) is 30.9 Å². The van der Waals surface area contributed by atoms with Gasteiger partial charge < -0.3 is 10.6 Å². The Kier molecular flexibility index (Phi) is 11.0. The fourth-order valence-electron chi connectivity index (χ4n) is 1.51. The van der Waals surface area contributed by atoms with Gasteiger partial charge in [-0.1, -0.05) is 12.1 Å². The molecule has 6 heteroatoms. The van der Waals surface area contributed by atoms with Gasteiger partial charge in [0.05, 0.1) is 0 Å². The largest absolute Gasteiger partial charge is 0.356 e. The second-order valence-corrected chi connectivity index (χ2v) is 4.78. The summed E-state index contributed by atoms with van der Waals surface area (Å²) in [4.78, 5) is 4.12. The predicted octanol–water partition coefficient (Wildman–Crippen LogP) is 2.51. The lowest BCUT2D eigenvalue weighted by Gasteiger charge is -2.11. The van der Waals surface area contributed by atoms with Crippen LogP contribution in [0.15, 0.2) is 29.3 Å². The highest BCUT2D eigenvalue weighted by Crippen LogP contribution is 2.03. The summed E-state index contributed by atoms with van der Waals surface area (Å²) < 4.78 is 13.0. The summed E-state index contributed by atoms with van der Waals surface area (Å²) in [6.45, 7) is 1.63. The van der Waals surface area contributed by atoms with Crippen LogP contribution in [0, 0.1) is 5.82 Å². The second-order valence-electron chi connectivity index (χ2n) is 3.80. The van der Waals surface area contributed by atoms with Gasteiger partial charge in [0.2, 0.25) is 0 Å². The van der Waals surface area contributed by atoms with Crippen LogP contribution in [0.25, 0.3) is 0 Å². The van der Waals surface area contributed by atoms with Crippen molar-refractivity contribution in [2.24, 2.45) is 4.99 Å². The third-order valence-electron chi connectivity index (χ3n) is 2.42. The number of guanidine groups is 1. The molecule has 0 aliphatic heterocycles. The molecule has 1 aromatic rings. The molecule has 1 rings (SSSR count). The number of hydrogen-bond donors (Lipinski definition) is 2. The Morgan fingerprint density at radius 1 is 1.32 bits per heavy atom. The number of thioether (sulfide) groups is 1. The van der Waals surface area contributed by atoms with Gasteiger partial charge in [-0.25, -0.2) is 4.39 Å². The van der Waals surface area contributed by atoms with E-state index in [4.69, 9.17) is 0 Å².